The van der Waals surface area contributed by atoms with Gasteiger partial charge in [-0.3, -0.25) is 14.4 Å². The van der Waals surface area contributed by atoms with Gasteiger partial charge in [0, 0.05) is 17.4 Å². The van der Waals surface area contributed by atoms with E-state index < -0.39 is 35.3 Å². The smallest absolute Gasteiger partial charge is 0.268 e. The predicted molar refractivity (Wildman–Crippen MR) is 138 cm³/mol. The second-order valence-electron chi connectivity index (χ2n) is 11.3. The quantitative estimate of drug-likeness (QED) is 0.493. The molecule has 200 valence electrons. The van der Waals surface area contributed by atoms with Gasteiger partial charge in [0.15, 0.2) is 0 Å². The van der Waals surface area contributed by atoms with Crippen molar-refractivity contribution in [3.63, 3.8) is 0 Å². The van der Waals surface area contributed by atoms with Crippen LogP contribution in [0.25, 0.3) is 10.9 Å². The summed E-state index contributed by atoms with van der Waals surface area (Å²) in [4.78, 5) is 56.5. The van der Waals surface area contributed by atoms with Crippen LogP contribution in [0.3, 0.4) is 0 Å². The topological polar surface area (TPSA) is 111 Å². The van der Waals surface area contributed by atoms with Gasteiger partial charge in [-0.1, -0.05) is 46.1 Å². The van der Waals surface area contributed by atoms with Crippen molar-refractivity contribution < 1.29 is 23.6 Å². The molecule has 1 aliphatic carbocycles. The highest BCUT2D eigenvalue weighted by Gasteiger charge is 2.53. The molecule has 1 aromatic heterocycles. The molecule has 4 atom stereocenters. The Labute approximate surface area is 216 Å². The van der Waals surface area contributed by atoms with Crippen LogP contribution in [-0.4, -0.2) is 58.6 Å². The van der Waals surface area contributed by atoms with Crippen LogP contribution < -0.4 is 10.6 Å². The van der Waals surface area contributed by atoms with Gasteiger partial charge in [-0.05, 0) is 55.2 Å². The number of aromatic nitrogens is 1. The van der Waals surface area contributed by atoms with Crippen molar-refractivity contribution in [3.8, 4) is 0 Å². The number of aromatic amines is 1. The number of amides is 3. The van der Waals surface area contributed by atoms with Crippen molar-refractivity contribution in [1.82, 2.24) is 20.5 Å². The predicted octanol–water partition coefficient (Wildman–Crippen LogP) is 3.56. The van der Waals surface area contributed by atoms with Crippen molar-refractivity contribution in [1.29, 1.82) is 0 Å². The Morgan fingerprint density at radius 1 is 1.16 bits per heavy atom. The first-order valence-corrected chi connectivity index (χ1v) is 13.2. The highest BCUT2D eigenvalue weighted by atomic mass is 19.1. The number of nitrogens with zero attached hydrogens (tertiary/aromatic N) is 1. The third-order valence-corrected chi connectivity index (χ3v) is 8.39. The van der Waals surface area contributed by atoms with E-state index in [-0.39, 0.29) is 29.3 Å². The number of carbonyl (C=O) groups is 4. The maximum absolute atomic E-state index is 14.2. The van der Waals surface area contributed by atoms with E-state index in [0.29, 0.717) is 23.7 Å². The summed E-state index contributed by atoms with van der Waals surface area (Å²) in [5.41, 5.74) is 0.151. The number of aldehydes is 1. The fourth-order valence-corrected chi connectivity index (χ4v) is 5.83. The van der Waals surface area contributed by atoms with Crippen LogP contribution in [0.5, 0.6) is 0 Å². The summed E-state index contributed by atoms with van der Waals surface area (Å²) in [5, 5.41) is 5.96. The summed E-state index contributed by atoms with van der Waals surface area (Å²) in [6.45, 7) is 7.87. The van der Waals surface area contributed by atoms with Crippen LogP contribution >= 0.6 is 0 Å². The highest BCUT2D eigenvalue weighted by Crippen LogP contribution is 2.42. The molecule has 2 fully saturated rings. The van der Waals surface area contributed by atoms with Gasteiger partial charge < -0.3 is 25.3 Å². The molecule has 37 heavy (non-hydrogen) atoms. The van der Waals surface area contributed by atoms with E-state index in [4.69, 9.17) is 0 Å². The number of hydrogen-bond acceptors (Lipinski definition) is 4. The summed E-state index contributed by atoms with van der Waals surface area (Å²) < 4.78 is 14.2. The Kier molecular flexibility index (Phi) is 7.71. The molecule has 3 N–H and O–H groups in total. The minimum absolute atomic E-state index is 0.0260. The molecule has 1 aromatic carbocycles. The largest absolute Gasteiger partial charge is 0.350 e. The van der Waals surface area contributed by atoms with E-state index in [1.807, 2.05) is 20.8 Å². The van der Waals surface area contributed by atoms with Crippen molar-refractivity contribution in [3.05, 3.63) is 35.8 Å². The van der Waals surface area contributed by atoms with E-state index in [1.54, 1.807) is 24.0 Å². The lowest BCUT2D eigenvalue weighted by Crippen LogP contribution is -2.59. The molecule has 3 amide bonds. The number of nitrogens with one attached hydrogen (secondary N) is 3. The first kappa shape index (κ1) is 26.8. The zero-order valence-electron chi connectivity index (χ0n) is 22.0. The molecule has 1 aliphatic heterocycles. The van der Waals surface area contributed by atoms with Crippen LogP contribution in [0.1, 0.15) is 70.3 Å². The number of benzene rings is 1. The van der Waals surface area contributed by atoms with Gasteiger partial charge in [-0.2, -0.15) is 0 Å². The monoisotopic (exact) mass is 512 g/mol. The van der Waals surface area contributed by atoms with Crippen molar-refractivity contribution in [2.45, 2.75) is 77.9 Å². The molecule has 0 bridgehead atoms. The third kappa shape index (κ3) is 5.26. The molecule has 9 heteroatoms. The van der Waals surface area contributed by atoms with Crippen LogP contribution in [0, 0.1) is 23.1 Å². The lowest BCUT2D eigenvalue weighted by atomic mass is 9.77. The fourth-order valence-electron chi connectivity index (χ4n) is 5.83. The van der Waals surface area contributed by atoms with Crippen LogP contribution in [-0.2, 0) is 14.4 Å². The molecule has 2 heterocycles. The normalized spacial score (nSPS) is 23.4. The van der Waals surface area contributed by atoms with Crippen molar-refractivity contribution in [2.75, 3.05) is 6.54 Å². The highest BCUT2D eigenvalue weighted by molar-refractivity contribution is 6.01. The van der Waals surface area contributed by atoms with Gasteiger partial charge >= 0.3 is 0 Å². The lowest BCUT2D eigenvalue weighted by molar-refractivity contribution is -0.143. The van der Waals surface area contributed by atoms with Crippen LogP contribution in [0.2, 0.25) is 0 Å². The van der Waals surface area contributed by atoms with Gasteiger partial charge in [0.2, 0.25) is 11.8 Å². The maximum atomic E-state index is 14.2. The molecule has 1 saturated heterocycles. The molecular weight excluding hydrogens is 475 g/mol. The molecule has 0 unspecified atom stereocenters. The number of rotatable bonds is 7. The summed E-state index contributed by atoms with van der Waals surface area (Å²) in [6, 6.07) is 3.78. The van der Waals surface area contributed by atoms with Gasteiger partial charge in [0.1, 0.15) is 29.9 Å². The first-order chi connectivity index (χ1) is 17.5. The first-order valence-electron chi connectivity index (χ1n) is 13.2. The molecule has 0 spiro atoms. The van der Waals surface area contributed by atoms with Crippen LogP contribution in [0.4, 0.5) is 4.39 Å². The standard InChI is InChI=1S/C28H37FN4O4/c1-16-14-33(24(28(16,3)4)26(36)30-17(2)15-34)27(37)23(18-9-6-5-7-10-18)32-25(35)22-13-19-20(29)11-8-12-21(19)31-22/h8,11-13,15-18,23-24,31H,5-7,9-10,14H2,1-4H3,(H,30,36)(H,32,35)/t16-,17+,23+,24-/m1/s1. The maximum Gasteiger partial charge on any atom is 0.268 e. The Morgan fingerprint density at radius 2 is 1.86 bits per heavy atom. The number of H-pyrrole nitrogens is 1. The number of halogens is 1. The van der Waals surface area contributed by atoms with E-state index in [0.717, 1.165) is 32.1 Å². The van der Waals surface area contributed by atoms with E-state index in [1.165, 1.54) is 12.1 Å². The SMILES string of the molecule is C[C@@H]1CN(C(=O)[C@@H](NC(=O)c2cc3c(F)cccc3[nH]2)C2CCCCC2)[C@H](C(=O)N[C@@H](C)C=O)C1(C)C. The Balaban J connectivity index is 1.64. The van der Waals surface area contributed by atoms with Gasteiger partial charge in [0.25, 0.3) is 5.91 Å². The third-order valence-electron chi connectivity index (χ3n) is 8.39. The summed E-state index contributed by atoms with van der Waals surface area (Å²) >= 11 is 0. The Hall–Kier alpha value is -3.23. The number of hydrogen-bond donors (Lipinski definition) is 3. The average molecular weight is 513 g/mol. The zero-order chi connectivity index (χ0) is 26.9. The summed E-state index contributed by atoms with van der Waals surface area (Å²) in [6.07, 6.45) is 5.25. The number of fused-ring (bicyclic) bond motifs is 1. The molecular formula is C28H37FN4O4. The minimum atomic E-state index is -0.816. The summed E-state index contributed by atoms with van der Waals surface area (Å²) in [5.74, 6) is -1.62. The number of carbonyl (C=O) groups excluding carboxylic acids is 4. The van der Waals surface area contributed by atoms with Gasteiger partial charge in [-0.25, -0.2) is 4.39 Å². The van der Waals surface area contributed by atoms with Crippen molar-refractivity contribution >= 4 is 34.9 Å². The van der Waals surface area contributed by atoms with Gasteiger partial charge in [-0.15, -0.1) is 0 Å². The van der Waals surface area contributed by atoms with E-state index in [2.05, 4.69) is 15.6 Å². The molecule has 4 rings (SSSR count). The van der Waals surface area contributed by atoms with Crippen molar-refractivity contribution in [2.24, 2.45) is 17.3 Å². The molecule has 1 saturated carbocycles. The summed E-state index contributed by atoms with van der Waals surface area (Å²) in [7, 11) is 0. The molecule has 8 nitrogen and oxygen atoms in total. The molecule has 2 aromatic rings. The molecule has 0 radical (unpaired) electrons. The lowest BCUT2D eigenvalue weighted by Gasteiger charge is -2.37. The average Bonchev–Trinajstić information content (AvgIpc) is 3.42. The Bertz CT molecular complexity index is 1190. The van der Waals surface area contributed by atoms with Gasteiger partial charge in [0.05, 0.1) is 6.04 Å². The van der Waals surface area contributed by atoms with E-state index in [9.17, 15) is 23.6 Å². The second-order valence-corrected chi connectivity index (χ2v) is 11.3. The van der Waals surface area contributed by atoms with Crippen LogP contribution in [0.15, 0.2) is 24.3 Å². The Morgan fingerprint density at radius 3 is 2.51 bits per heavy atom. The van der Waals surface area contributed by atoms with E-state index >= 15 is 0 Å². The number of likely N-dealkylation sites (tertiary alicyclic amines) is 1. The second kappa shape index (κ2) is 10.6. The fraction of sp³-hybridized carbons (Fsp3) is 0.571. The zero-order valence-corrected chi connectivity index (χ0v) is 22.0. The molecule has 2 aliphatic rings. The minimum Gasteiger partial charge on any atom is -0.350 e.